The quantitative estimate of drug-likeness (QED) is 0.530. The molecule has 5 rings (SSSR count). The topological polar surface area (TPSA) is 75.7 Å². The highest BCUT2D eigenvalue weighted by Crippen LogP contribution is 2.25. The molecule has 30 heavy (non-hydrogen) atoms. The van der Waals surface area contributed by atoms with E-state index in [0.717, 1.165) is 40.5 Å². The average molecular weight is 396 g/mol. The first-order valence-electron chi connectivity index (χ1n) is 10.6. The largest absolute Gasteiger partial charge is 0.354 e. The Morgan fingerprint density at radius 3 is 2.50 bits per heavy atom. The van der Waals surface area contributed by atoms with Crippen LogP contribution in [0.3, 0.4) is 0 Å². The summed E-state index contributed by atoms with van der Waals surface area (Å²) >= 11 is 0. The summed E-state index contributed by atoms with van der Waals surface area (Å²) < 4.78 is 0. The first-order valence-corrected chi connectivity index (χ1v) is 10.6. The molecule has 0 aliphatic carbocycles. The molecule has 1 aliphatic rings. The Balaban J connectivity index is 1.45. The lowest BCUT2D eigenvalue weighted by atomic mass is 10.1. The molecule has 0 spiro atoms. The number of aromatic nitrogens is 2. The van der Waals surface area contributed by atoms with E-state index in [1.807, 2.05) is 12.1 Å². The van der Waals surface area contributed by atoms with Gasteiger partial charge >= 0.3 is 0 Å². The summed E-state index contributed by atoms with van der Waals surface area (Å²) in [7, 11) is 0. The second-order valence-electron chi connectivity index (χ2n) is 8.18. The molecule has 0 unspecified atom stereocenters. The van der Waals surface area contributed by atoms with Crippen molar-refractivity contribution in [3.05, 3.63) is 70.0 Å². The van der Waals surface area contributed by atoms with E-state index in [9.17, 15) is 4.79 Å². The number of pyridine rings is 1. The van der Waals surface area contributed by atoms with Crippen molar-refractivity contribution in [2.24, 2.45) is 0 Å². The SMILES string of the molecule is N#Cc1ccc2[nH]c(=O)c(-c3cc4cc(CCN5CCCCC5)ccc4[nH]3)cc2c1. The zero-order valence-corrected chi connectivity index (χ0v) is 16.9. The number of aromatic amines is 2. The highest BCUT2D eigenvalue weighted by atomic mass is 16.1. The monoisotopic (exact) mass is 396 g/mol. The van der Waals surface area contributed by atoms with Crippen LogP contribution in [-0.4, -0.2) is 34.5 Å². The van der Waals surface area contributed by atoms with Gasteiger partial charge in [-0.1, -0.05) is 12.5 Å². The normalized spacial score (nSPS) is 14.9. The summed E-state index contributed by atoms with van der Waals surface area (Å²) in [6.45, 7) is 3.54. The molecule has 2 aromatic carbocycles. The number of benzene rings is 2. The Hall–Kier alpha value is -3.36. The maximum atomic E-state index is 12.7. The van der Waals surface area contributed by atoms with Crippen LogP contribution in [0.25, 0.3) is 33.1 Å². The van der Waals surface area contributed by atoms with Crippen molar-refractivity contribution in [1.82, 2.24) is 14.9 Å². The zero-order chi connectivity index (χ0) is 20.5. The van der Waals surface area contributed by atoms with Gasteiger partial charge in [0.1, 0.15) is 0 Å². The lowest BCUT2D eigenvalue weighted by molar-refractivity contribution is 0.231. The maximum Gasteiger partial charge on any atom is 0.257 e. The number of rotatable bonds is 4. The number of H-pyrrole nitrogens is 2. The van der Waals surface area contributed by atoms with Crippen molar-refractivity contribution >= 4 is 21.8 Å². The van der Waals surface area contributed by atoms with Gasteiger partial charge in [0.25, 0.3) is 5.56 Å². The number of piperidine rings is 1. The Morgan fingerprint density at radius 1 is 0.900 bits per heavy atom. The Morgan fingerprint density at radius 2 is 1.67 bits per heavy atom. The zero-order valence-electron chi connectivity index (χ0n) is 16.9. The molecular weight excluding hydrogens is 372 g/mol. The number of hydrogen-bond acceptors (Lipinski definition) is 3. The number of hydrogen-bond donors (Lipinski definition) is 2. The van der Waals surface area contributed by atoms with Crippen LogP contribution in [0.1, 0.15) is 30.4 Å². The smallest absolute Gasteiger partial charge is 0.257 e. The van der Waals surface area contributed by atoms with E-state index < -0.39 is 0 Å². The van der Waals surface area contributed by atoms with Gasteiger partial charge in [-0.15, -0.1) is 0 Å². The number of nitrogens with one attached hydrogen (secondary N) is 2. The van der Waals surface area contributed by atoms with Crippen LogP contribution in [0.2, 0.25) is 0 Å². The van der Waals surface area contributed by atoms with Gasteiger partial charge in [0.05, 0.1) is 22.9 Å². The predicted molar refractivity (Wildman–Crippen MR) is 121 cm³/mol. The summed E-state index contributed by atoms with van der Waals surface area (Å²) in [5.41, 5.74) is 4.91. The van der Waals surface area contributed by atoms with E-state index in [1.54, 1.807) is 18.2 Å². The Labute approximate surface area is 175 Å². The third-order valence-electron chi connectivity index (χ3n) is 6.11. The van der Waals surface area contributed by atoms with Crippen LogP contribution >= 0.6 is 0 Å². The van der Waals surface area contributed by atoms with E-state index in [1.165, 1.54) is 37.9 Å². The first-order chi connectivity index (χ1) is 14.7. The molecule has 0 atom stereocenters. The van der Waals surface area contributed by atoms with Gasteiger partial charge in [0, 0.05) is 28.4 Å². The van der Waals surface area contributed by atoms with Crippen LogP contribution in [0.15, 0.2) is 53.3 Å². The van der Waals surface area contributed by atoms with Gasteiger partial charge in [-0.05, 0) is 80.4 Å². The lowest BCUT2D eigenvalue weighted by Gasteiger charge is -2.26. The summed E-state index contributed by atoms with van der Waals surface area (Å²) in [6.07, 6.45) is 5.04. The van der Waals surface area contributed by atoms with Crippen LogP contribution < -0.4 is 5.56 Å². The van der Waals surface area contributed by atoms with Crippen LogP contribution in [-0.2, 0) is 6.42 Å². The molecule has 1 fully saturated rings. The third kappa shape index (κ3) is 3.62. The highest BCUT2D eigenvalue weighted by molar-refractivity contribution is 5.89. The van der Waals surface area contributed by atoms with Gasteiger partial charge in [-0.25, -0.2) is 0 Å². The molecule has 1 saturated heterocycles. The molecule has 2 N–H and O–H groups in total. The molecule has 4 aromatic rings. The molecule has 5 heteroatoms. The fourth-order valence-electron chi connectivity index (χ4n) is 4.43. The van der Waals surface area contributed by atoms with Gasteiger partial charge in [-0.3, -0.25) is 4.79 Å². The Bertz CT molecular complexity index is 1320. The third-order valence-corrected chi connectivity index (χ3v) is 6.11. The van der Waals surface area contributed by atoms with E-state index in [-0.39, 0.29) is 5.56 Å². The highest BCUT2D eigenvalue weighted by Gasteiger charge is 2.12. The summed E-state index contributed by atoms with van der Waals surface area (Å²) in [6, 6.07) is 17.9. The van der Waals surface area contributed by atoms with Gasteiger partial charge in [-0.2, -0.15) is 5.26 Å². The molecule has 0 amide bonds. The van der Waals surface area contributed by atoms with Crippen LogP contribution in [0.5, 0.6) is 0 Å². The second-order valence-corrected chi connectivity index (χ2v) is 8.18. The Kier molecular flexibility index (Phi) is 4.86. The van der Waals surface area contributed by atoms with Gasteiger partial charge < -0.3 is 14.9 Å². The fraction of sp³-hybridized carbons (Fsp3) is 0.280. The van der Waals surface area contributed by atoms with E-state index in [4.69, 9.17) is 5.26 Å². The minimum Gasteiger partial charge on any atom is -0.354 e. The molecule has 0 radical (unpaired) electrons. The van der Waals surface area contributed by atoms with Crippen LogP contribution in [0.4, 0.5) is 0 Å². The second kappa shape index (κ2) is 7.81. The molecule has 5 nitrogen and oxygen atoms in total. The average Bonchev–Trinajstić information content (AvgIpc) is 3.20. The molecular formula is C25H24N4O. The fourth-order valence-corrected chi connectivity index (χ4v) is 4.43. The molecule has 1 aliphatic heterocycles. The van der Waals surface area contributed by atoms with E-state index in [2.05, 4.69) is 39.1 Å². The van der Waals surface area contributed by atoms with Crippen molar-refractivity contribution < 1.29 is 0 Å². The number of nitrogens with zero attached hydrogens (tertiary/aromatic N) is 2. The first kappa shape index (κ1) is 18.7. The van der Waals surface area contributed by atoms with E-state index in [0.29, 0.717) is 11.1 Å². The lowest BCUT2D eigenvalue weighted by Crippen LogP contribution is -2.31. The molecule has 0 bridgehead atoms. The van der Waals surface area contributed by atoms with Gasteiger partial charge in [0.2, 0.25) is 0 Å². The van der Waals surface area contributed by atoms with Crippen molar-refractivity contribution in [2.45, 2.75) is 25.7 Å². The minimum atomic E-state index is -0.135. The van der Waals surface area contributed by atoms with Crippen LogP contribution in [0, 0.1) is 11.3 Å². The number of likely N-dealkylation sites (tertiary alicyclic amines) is 1. The predicted octanol–water partition coefficient (Wildman–Crippen LogP) is 4.58. The molecule has 3 heterocycles. The number of fused-ring (bicyclic) bond motifs is 2. The minimum absolute atomic E-state index is 0.135. The van der Waals surface area contributed by atoms with Gasteiger partial charge in [0.15, 0.2) is 0 Å². The van der Waals surface area contributed by atoms with Crippen molar-refractivity contribution in [2.75, 3.05) is 19.6 Å². The summed E-state index contributed by atoms with van der Waals surface area (Å²) in [4.78, 5) is 21.5. The standard InChI is InChI=1S/C25H24N4O/c26-16-18-5-7-23-19(13-18)14-21(25(30)28-23)24-15-20-12-17(4-6-22(20)27-24)8-11-29-9-2-1-3-10-29/h4-7,12-15,27H,1-3,8-11H2,(H,28,30). The molecule has 150 valence electrons. The van der Waals surface area contributed by atoms with Crippen molar-refractivity contribution in [1.29, 1.82) is 5.26 Å². The maximum absolute atomic E-state index is 12.7. The molecule has 0 saturated carbocycles. The van der Waals surface area contributed by atoms with E-state index >= 15 is 0 Å². The summed E-state index contributed by atoms with van der Waals surface area (Å²) in [5.74, 6) is 0. The van der Waals surface area contributed by atoms with Crippen molar-refractivity contribution in [3.8, 4) is 17.3 Å². The van der Waals surface area contributed by atoms with Crippen molar-refractivity contribution in [3.63, 3.8) is 0 Å². The molecule has 2 aromatic heterocycles. The number of nitriles is 1. The summed E-state index contributed by atoms with van der Waals surface area (Å²) in [5, 5.41) is 11.1.